The summed E-state index contributed by atoms with van der Waals surface area (Å²) in [5.74, 6) is 0.705. The van der Waals surface area contributed by atoms with Crippen molar-refractivity contribution in [2.24, 2.45) is 0 Å². The Bertz CT molecular complexity index is 7150. The summed E-state index contributed by atoms with van der Waals surface area (Å²) in [7, 11) is 0. The third-order valence-electron chi connectivity index (χ3n) is 21.6. The van der Waals surface area contributed by atoms with E-state index in [1.54, 1.807) is 0 Å². The van der Waals surface area contributed by atoms with Crippen LogP contribution in [0.5, 0.6) is 0 Å². The minimum absolute atomic E-state index is 0.705. The van der Waals surface area contributed by atoms with Crippen molar-refractivity contribution in [1.82, 2.24) is 33.2 Å². The summed E-state index contributed by atoms with van der Waals surface area (Å²) < 4.78 is 9.66. The van der Waals surface area contributed by atoms with Crippen LogP contribution >= 0.6 is 0 Å². The van der Waals surface area contributed by atoms with Gasteiger partial charge in [0.1, 0.15) is 0 Å². The lowest BCUT2D eigenvalue weighted by Gasteiger charge is -2.14. The minimum atomic E-state index is 0.705. The van der Waals surface area contributed by atoms with Gasteiger partial charge >= 0.3 is 0 Å². The van der Waals surface area contributed by atoms with Gasteiger partial charge in [-0.3, -0.25) is 0 Å². The molecule has 7 heteroatoms. The van der Waals surface area contributed by atoms with Crippen LogP contribution in [0.25, 0.3) is 199 Å². The maximum absolute atomic E-state index is 5.32. The van der Waals surface area contributed by atoms with Gasteiger partial charge in [0, 0.05) is 93.7 Å². The number of hydrogen-bond donors (Lipinski definition) is 0. The fraction of sp³-hybridized carbons (Fsp3) is 0. The van der Waals surface area contributed by atoms with Crippen LogP contribution in [0.15, 0.2) is 394 Å². The second-order valence-corrected chi connectivity index (χ2v) is 27.8. The lowest BCUT2D eigenvalue weighted by atomic mass is 9.97. The SMILES string of the molecule is c1ccc(-c2cc(-c3ccccc3)nc(-c3ccc4ccc(-n5c6ccccc6c6c7c8ccccc8n(-c8ccccc8)c7ccc65)cc4c3)n2)cc1.c1ccc(-c2cc(-c3ccccc3)nc(-c3cccc4ccc(-n5c6ccccc6c6c7c8ccccc8n(-c8ccccc8)c7ccc65)cc34)c2)cc1. The van der Waals surface area contributed by atoms with E-state index in [1.165, 1.54) is 109 Å². The van der Waals surface area contributed by atoms with Crippen molar-refractivity contribution in [3.05, 3.63) is 394 Å². The van der Waals surface area contributed by atoms with Crippen molar-refractivity contribution in [3.8, 4) is 90.3 Å². The second-order valence-electron chi connectivity index (χ2n) is 27.8. The maximum Gasteiger partial charge on any atom is 0.160 e. The van der Waals surface area contributed by atoms with Gasteiger partial charge in [0.05, 0.1) is 66.9 Å². The van der Waals surface area contributed by atoms with Crippen LogP contribution in [0.1, 0.15) is 0 Å². The molecule has 0 N–H and O–H groups in total. The molecule has 6 heterocycles. The Balaban J connectivity index is 0.000000138. The Morgan fingerprint density at radius 1 is 0.167 bits per heavy atom. The number of aromatic nitrogens is 7. The van der Waals surface area contributed by atoms with Crippen LogP contribution in [0.4, 0.5) is 0 Å². The molecule has 504 valence electrons. The number of fused-ring (bicyclic) bond motifs is 16. The van der Waals surface area contributed by atoms with Gasteiger partial charge in [-0.15, -0.1) is 0 Å². The average molecular weight is 1380 g/mol. The quantitative estimate of drug-likeness (QED) is 0.137. The molecule has 0 atom stereocenters. The zero-order chi connectivity index (χ0) is 71.2. The first-order valence-electron chi connectivity index (χ1n) is 36.8. The molecule has 0 saturated carbocycles. The summed E-state index contributed by atoms with van der Waals surface area (Å²) in [5, 5.41) is 14.7. The summed E-state index contributed by atoms with van der Waals surface area (Å²) >= 11 is 0. The van der Waals surface area contributed by atoms with Gasteiger partial charge in [0.2, 0.25) is 0 Å². The Hall–Kier alpha value is -14.5. The van der Waals surface area contributed by atoms with E-state index in [0.29, 0.717) is 5.82 Å². The van der Waals surface area contributed by atoms with Crippen LogP contribution < -0.4 is 0 Å². The zero-order valence-electron chi connectivity index (χ0n) is 58.7. The molecule has 0 bridgehead atoms. The first kappa shape index (κ1) is 62.1. The predicted octanol–water partition coefficient (Wildman–Crippen LogP) is 26.3. The van der Waals surface area contributed by atoms with E-state index in [4.69, 9.17) is 15.0 Å². The van der Waals surface area contributed by atoms with E-state index in [2.05, 4.69) is 400 Å². The van der Waals surface area contributed by atoms with Gasteiger partial charge in [-0.2, -0.15) is 0 Å². The fourth-order valence-electron chi connectivity index (χ4n) is 16.8. The molecule has 6 aromatic heterocycles. The van der Waals surface area contributed by atoms with E-state index < -0.39 is 0 Å². The lowest BCUT2D eigenvalue weighted by molar-refractivity contribution is 1.17. The number of pyridine rings is 1. The Morgan fingerprint density at radius 2 is 0.528 bits per heavy atom. The molecular formula is C101H65N7. The van der Waals surface area contributed by atoms with Crippen molar-refractivity contribution in [3.63, 3.8) is 0 Å². The van der Waals surface area contributed by atoms with E-state index in [-0.39, 0.29) is 0 Å². The standard InChI is InChI=1S/C51H33N3.C50H32N4/c1-4-15-34(16-5-1)37-31-44(36-17-6-2-7-18-36)52-45(32-37)40-24-14-19-35-27-28-39(33-43(35)40)54-47-26-13-11-23-42(47)51-49(54)30-29-48-50(51)41-22-10-12-25-46(41)53(48)38-20-8-3-9-21-38;1-4-14-34(15-5-1)42-32-43(35-16-6-2-7-17-35)52-50(51-42)36-25-24-33-26-27-39(31-37(33)30-36)54-45-23-13-11-21-41(45)49-47(54)29-28-46-48(49)40-20-10-12-22-44(40)53(46)38-18-8-3-9-19-38/h1-33H;1-32H. The highest BCUT2D eigenvalue weighted by atomic mass is 15.0. The van der Waals surface area contributed by atoms with Crippen LogP contribution in [-0.4, -0.2) is 33.2 Å². The van der Waals surface area contributed by atoms with Crippen molar-refractivity contribution >= 4 is 109 Å². The van der Waals surface area contributed by atoms with Crippen LogP contribution in [-0.2, 0) is 0 Å². The summed E-state index contributed by atoms with van der Waals surface area (Å²) in [6.45, 7) is 0. The Labute approximate surface area is 622 Å². The predicted molar refractivity (Wildman–Crippen MR) is 451 cm³/mol. The summed E-state index contributed by atoms with van der Waals surface area (Å²) in [4.78, 5) is 15.6. The zero-order valence-corrected chi connectivity index (χ0v) is 58.7. The molecule has 0 spiro atoms. The molecule has 0 unspecified atom stereocenters. The van der Waals surface area contributed by atoms with Gasteiger partial charge in [-0.05, 0) is 154 Å². The highest BCUT2D eigenvalue weighted by molar-refractivity contribution is 6.30. The topological polar surface area (TPSA) is 58.4 Å². The summed E-state index contributed by atoms with van der Waals surface area (Å²) in [6, 6.07) is 141. The second kappa shape index (κ2) is 25.7. The average Bonchev–Trinajstić information content (AvgIpc) is 1.55. The first-order chi connectivity index (χ1) is 53.6. The van der Waals surface area contributed by atoms with Gasteiger partial charge in [-0.25, -0.2) is 15.0 Å². The Kier molecular flexibility index (Phi) is 14.8. The van der Waals surface area contributed by atoms with Crippen molar-refractivity contribution < 1.29 is 0 Å². The van der Waals surface area contributed by atoms with Gasteiger partial charge in [0.25, 0.3) is 0 Å². The smallest absolute Gasteiger partial charge is 0.160 e. The third kappa shape index (κ3) is 10.4. The molecule has 0 radical (unpaired) electrons. The van der Waals surface area contributed by atoms with Gasteiger partial charge < -0.3 is 18.3 Å². The highest BCUT2D eigenvalue weighted by Gasteiger charge is 2.24. The molecule has 108 heavy (non-hydrogen) atoms. The first-order valence-corrected chi connectivity index (χ1v) is 36.8. The summed E-state index contributed by atoms with van der Waals surface area (Å²) in [6.07, 6.45) is 0. The van der Waals surface area contributed by atoms with Crippen molar-refractivity contribution in [1.29, 1.82) is 0 Å². The van der Waals surface area contributed by atoms with Crippen LogP contribution in [0, 0.1) is 0 Å². The number of hydrogen-bond acceptors (Lipinski definition) is 3. The molecule has 0 fully saturated rings. The minimum Gasteiger partial charge on any atom is -0.309 e. The number of nitrogens with zero attached hydrogens (tertiary/aromatic N) is 7. The number of benzene rings is 16. The number of para-hydroxylation sites is 6. The molecule has 0 aliphatic heterocycles. The van der Waals surface area contributed by atoms with E-state index >= 15 is 0 Å². The van der Waals surface area contributed by atoms with Crippen molar-refractivity contribution in [2.75, 3.05) is 0 Å². The van der Waals surface area contributed by atoms with Crippen LogP contribution in [0.2, 0.25) is 0 Å². The van der Waals surface area contributed by atoms with E-state index in [0.717, 1.165) is 84.3 Å². The molecule has 0 saturated heterocycles. The van der Waals surface area contributed by atoms with E-state index in [9.17, 15) is 0 Å². The molecule has 0 amide bonds. The number of rotatable bonds is 10. The van der Waals surface area contributed by atoms with Crippen molar-refractivity contribution in [2.45, 2.75) is 0 Å². The fourth-order valence-corrected chi connectivity index (χ4v) is 16.8. The summed E-state index contributed by atoms with van der Waals surface area (Å²) in [5.41, 5.74) is 25.5. The molecule has 22 rings (SSSR count). The largest absolute Gasteiger partial charge is 0.309 e. The van der Waals surface area contributed by atoms with Crippen LogP contribution in [0.3, 0.4) is 0 Å². The molecule has 22 aromatic rings. The highest BCUT2D eigenvalue weighted by Crippen LogP contribution is 2.46. The molecule has 16 aromatic carbocycles. The molecule has 7 nitrogen and oxygen atoms in total. The van der Waals surface area contributed by atoms with E-state index in [1.807, 2.05) is 12.1 Å². The Morgan fingerprint density at radius 3 is 0.981 bits per heavy atom. The molecule has 0 aliphatic carbocycles. The molecule has 0 aliphatic rings. The normalized spacial score (nSPS) is 11.7. The van der Waals surface area contributed by atoms with Gasteiger partial charge in [0.15, 0.2) is 5.82 Å². The monoisotopic (exact) mass is 1380 g/mol. The lowest BCUT2D eigenvalue weighted by Crippen LogP contribution is -1.96. The molecular weight excluding hydrogens is 1310 g/mol. The maximum atomic E-state index is 5.32. The van der Waals surface area contributed by atoms with Gasteiger partial charge in [-0.1, -0.05) is 273 Å². The third-order valence-corrected chi connectivity index (χ3v) is 21.6.